The Labute approximate surface area is 129 Å². The van der Waals surface area contributed by atoms with Crippen LogP contribution in [0.15, 0.2) is 53.6 Å². The molecule has 1 N–H and O–H groups in total. The van der Waals surface area contributed by atoms with Crippen molar-refractivity contribution in [1.29, 1.82) is 10.5 Å². The Morgan fingerprint density at radius 1 is 0.909 bits per heavy atom. The molecule has 5 nitrogen and oxygen atoms in total. The van der Waals surface area contributed by atoms with Gasteiger partial charge in [0.25, 0.3) is 0 Å². The molecular formula is C17H15N5. The SMILES string of the molecule is CN(C)c1ccc(-c2ccc(NN=C(C#N)C#N)cc2)cc1. The van der Waals surface area contributed by atoms with E-state index in [0.29, 0.717) is 0 Å². The van der Waals surface area contributed by atoms with E-state index in [1.165, 1.54) is 0 Å². The molecule has 0 bridgehead atoms. The lowest BCUT2D eigenvalue weighted by atomic mass is 10.1. The van der Waals surface area contributed by atoms with E-state index in [2.05, 4.69) is 39.7 Å². The van der Waals surface area contributed by atoms with Gasteiger partial charge in [0, 0.05) is 19.8 Å². The number of nitrogens with zero attached hydrogens (tertiary/aromatic N) is 4. The van der Waals surface area contributed by atoms with Crippen LogP contribution in [0, 0.1) is 22.7 Å². The lowest BCUT2D eigenvalue weighted by Crippen LogP contribution is -2.07. The molecule has 2 aromatic carbocycles. The third-order valence-corrected chi connectivity index (χ3v) is 3.11. The van der Waals surface area contributed by atoms with E-state index in [9.17, 15) is 0 Å². The number of hydrazone groups is 1. The summed E-state index contributed by atoms with van der Waals surface area (Å²) in [6, 6.07) is 19.3. The molecule has 2 rings (SSSR count). The Morgan fingerprint density at radius 2 is 1.41 bits per heavy atom. The van der Waals surface area contributed by atoms with Gasteiger partial charge in [-0.3, -0.25) is 5.43 Å². The molecule has 0 spiro atoms. The Bertz CT molecular complexity index is 728. The normalized spacial score (nSPS) is 9.27. The van der Waals surface area contributed by atoms with Crippen LogP contribution in [0.4, 0.5) is 11.4 Å². The van der Waals surface area contributed by atoms with Crippen LogP contribution < -0.4 is 10.3 Å². The van der Waals surface area contributed by atoms with Gasteiger partial charge in [0.15, 0.2) is 0 Å². The molecule has 0 aliphatic heterocycles. The minimum Gasteiger partial charge on any atom is -0.378 e. The van der Waals surface area contributed by atoms with Crippen LogP contribution in [0.5, 0.6) is 0 Å². The monoisotopic (exact) mass is 289 g/mol. The molecule has 0 aliphatic carbocycles. The maximum atomic E-state index is 8.61. The number of rotatable bonds is 4. The van der Waals surface area contributed by atoms with E-state index in [-0.39, 0.29) is 5.71 Å². The van der Waals surface area contributed by atoms with Crippen LogP contribution in [0.2, 0.25) is 0 Å². The van der Waals surface area contributed by atoms with Gasteiger partial charge in [-0.1, -0.05) is 24.3 Å². The summed E-state index contributed by atoms with van der Waals surface area (Å²) in [5.74, 6) is 0. The highest BCUT2D eigenvalue weighted by atomic mass is 15.3. The van der Waals surface area contributed by atoms with E-state index in [1.54, 1.807) is 12.1 Å². The summed E-state index contributed by atoms with van der Waals surface area (Å²) in [6.45, 7) is 0. The predicted molar refractivity (Wildman–Crippen MR) is 88.5 cm³/mol. The third kappa shape index (κ3) is 3.62. The van der Waals surface area contributed by atoms with Gasteiger partial charge in [-0.25, -0.2) is 0 Å². The molecule has 0 atom stereocenters. The third-order valence-electron chi connectivity index (χ3n) is 3.11. The Morgan fingerprint density at radius 3 is 1.86 bits per heavy atom. The molecule has 0 unspecified atom stereocenters. The highest BCUT2D eigenvalue weighted by molar-refractivity contribution is 6.10. The molecule has 5 heteroatoms. The van der Waals surface area contributed by atoms with Crippen molar-refractivity contribution in [3.63, 3.8) is 0 Å². The molecular weight excluding hydrogens is 274 g/mol. The molecule has 0 saturated heterocycles. The van der Waals surface area contributed by atoms with Crippen LogP contribution >= 0.6 is 0 Å². The van der Waals surface area contributed by atoms with E-state index in [0.717, 1.165) is 22.5 Å². The first-order chi connectivity index (χ1) is 10.6. The fourth-order valence-electron chi connectivity index (χ4n) is 1.88. The van der Waals surface area contributed by atoms with E-state index >= 15 is 0 Å². The molecule has 22 heavy (non-hydrogen) atoms. The molecule has 0 fully saturated rings. The summed E-state index contributed by atoms with van der Waals surface area (Å²) in [6.07, 6.45) is 0. The first-order valence-electron chi connectivity index (χ1n) is 6.66. The fourth-order valence-corrected chi connectivity index (χ4v) is 1.88. The van der Waals surface area contributed by atoms with Crippen molar-refractivity contribution in [2.24, 2.45) is 5.10 Å². The zero-order valence-electron chi connectivity index (χ0n) is 12.4. The fraction of sp³-hybridized carbons (Fsp3) is 0.118. The van der Waals surface area contributed by atoms with Gasteiger partial charge < -0.3 is 4.90 Å². The number of hydrogen-bond acceptors (Lipinski definition) is 5. The summed E-state index contributed by atoms with van der Waals surface area (Å²) in [5.41, 5.74) is 6.55. The topological polar surface area (TPSA) is 75.2 Å². The van der Waals surface area contributed by atoms with Gasteiger partial charge in [0.05, 0.1) is 5.69 Å². The van der Waals surface area contributed by atoms with E-state index < -0.39 is 0 Å². The van der Waals surface area contributed by atoms with Gasteiger partial charge in [0.2, 0.25) is 5.71 Å². The second kappa shape index (κ2) is 6.92. The molecule has 0 radical (unpaired) electrons. The van der Waals surface area contributed by atoms with Crippen LogP contribution in [0.3, 0.4) is 0 Å². The number of nitrogens with one attached hydrogen (secondary N) is 1. The van der Waals surface area contributed by atoms with Crippen LogP contribution in [-0.4, -0.2) is 19.8 Å². The number of hydrogen-bond donors (Lipinski definition) is 1. The maximum absolute atomic E-state index is 8.61. The maximum Gasteiger partial charge on any atom is 0.237 e. The lowest BCUT2D eigenvalue weighted by Gasteiger charge is -2.12. The molecule has 0 amide bonds. The molecule has 0 aliphatic rings. The predicted octanol–water partition coefficient (Wildman–Crippen LogP) is 3.23. The number of benzene rings is 2. The molecule has 2 aromatic rings. The number of nitriles is 2. The minimum absolute atomic E-state index is 0.205. The molecule has 0 aromatic heterocycles. The highest BCUT2D eigenvalue weighted by Crippen LogP contribution is 2.23. The summed E-state index contributed by atoms with van der Waals surface area (Å²) in [7, 11) is 4.01. The van der Waals surface area contributed by atoms with Crippen molar-refractivity contribution in [1.82, 2.24) is 0 Å². The average molecular weight is 289 g/mol. The van der Waals surface area contributed by atoms with Crippen molar-refractivity contribution in [2.45, 2.75) is 0 Å². The first-order valence-corrected chi connectivity index (χ1v) is 6.66. The Balaban J connectivity index is 2.14. The van der Waals surface area contributed by atoms with Gasteiger partial charge >= 0.3 is 0 Å². The van der Waals surface area contributed by atoms with Gasteiger partial charge in [0.1, 0.15) is 12.1 Å². The van der Waals surface area contributed by atoms with Crippen molar-refractivity contribution < 1.29 is 0 Å². The highest BCUT2D eigenvalue weighted by Gasteiger charge is 2.00. The van der Waals surface area contributed by atoms with Gasteiger partial charge in [-0.2, -0.15) is 15.6 Å². The van der Waals surface area contributed by atoms with E-state index in [4.69, 9.17) is 10.5 Å². The summed E-state index contributed by atoms with van der Waals surface area (Å²) in [5, 5.41) is 20.9. The van der Waals surface area contributed by atoms with Gasteiger partial charge in [-0.15, -0.1) is 0 Å². The van der Waals surface area contributed by atoms with Crippen molar-refractivity contribution in [2.75, 3.05) is 24.4 Å². The lowest BCUT2D eigenvalue weighted by molar-refractivity contribution is 1.13. The van der Waals surface area contributed by atoms with Crippen LogP contribution in [0.1, 0.15) is 0 Å². The van der Waals surface area contributed by atoms with Crippen molar-refractivity contribution in [3.05, 3.63) is 48.5 Å². The zero-order chi connectivity index (χ0) is 15.9. The van der Waals surface area contributed by atoms with Crippen LogP contribution in [-0.2, 0) is 0 Å². The van der Waals surface area contributed by atoms with E-state index in [1.807, 2.05) is 38.4 Å². The average Bonchev–Trinajstić information content (AvgIpc) is 2.56. The summed E-state index contributed by atoms with van der Waals surface area (Å²) >= 11 is 0. The van der Waals surface area contributed by atoms with Crippen molar-refractivity contribution in [3.8, 4) is 23.3 Å². The quantitative estimate of drug-likeness (QED) is 0.692. The first kappa shape index (κ1) is 15.1. The molecule has 0 saturated carbocycles. The van der Waals surface area contributed by atoms with Crippen LogP contribution in [0.25, 0.3) is 11.1 Å². The second-order valence-electron chi connectivity index (χ2n) is 4.81. The second-order valence-corrected chi connectivity index (χ2v) is 4.81. The summed E-state index contributed by atoms with van der Waals surface area (Å²) in [4.78, 5) is 2.05. The zero-order valence-corrected chi connectivity index (χ0v) is 12.4. The number of anilines is 2. The Hall–Kier alpha value is -3.31. The minimum atomic E-state index is -0.205. The molecule has 108 valence electrons. The Kier molecular flexibility index (Phi) is 4.74. The largest absolute Gasteiger partial charge is 0.378 e. The molecule has 0 heterocycles. The van der Waals surface area contributed by atoms with Gasteiger partial charge in [-0.05, 0) is 35.4 Å². The van der Waals surface area contributed by atoms with Crippen molar-refractivity contribution >= 4 is 17.1 Å². The smallest absolute Gasteiger partial charge is 0.237 e. The standard InChI is InChI=1S/C17H15N5/c1-22(2)17-9-5-14(6-10-17)13-3-7-15(8-4-13)20-21-16(11-18)12-19/h3-10,20H,1-2H3. The summed E-state index contributed by atoms with van der Waals surface area (Å²) < 4.78 is 0.